The van der Waals surface area contributed by atoms with Crippen molar-refractivity contribution in [3.05, 3.63) is 59.7 Å². The van der Waals surface area contributed by atoms with Crippen LogP contribution in [0, 0.1) is 0 Å². The summed E-state index contributed by atoms with van der Waals surface area (Å²) >= 11 is 12.2. The minimum absolute atomic E-state index is 0.0308. The van der Waals surface area contributed by atoms with Crippen molar-refractivity contribution >= 4 is 56.6 Å². The third-order valence-electron chi connectivity index (χ3n) is 6.09. The number of halogens is 2. The van der Waals surface area contributed by atoms with Crippen LogP contribution in [-0.4, -0.2) is 58.5 Å². The molecule has 4 nitrogen and oxygen atoms in total. The number of hydrogen-bond acceptors (Lipinski definition) is 4. The number of rotatable bonds is 7. The molecule has 2 saturated heterocycles. The number of hydrogen-bond donors (Lipinski definition) is 0. The van der Waals surface area contributed by atoms with Gasteiger partial charge < -0.3 is 9.80 Å². The molecule has 32 heavy (non-hydrogen) atoms. The Kier molecular flexibility index (Phi) is 8.32. The zero-order valence-electron chi connectivity index (χ0n) is 17.7. The molecule has 2 amide bonds. The summed E-state index contributed by atoms with van der Waals surface area (Å²) in [6, 6.07) is 15.5. The molecule has 170 valence electrons. The van der Waals surface area contributed by atoms with Gasteiger partial charge in [-0.25, -0.2) is 0 Å². The lowest BCUT2D eigenvalue weighted by atomic mass is 10.2. The van der Waals surface area contributed by atoms with Gasteiger partial charge in [-0.15, -0.1) is 23.2 Å². The van der Waals surface area contributed by atoms with Gasteiger partial charge in [0.05, 0.1) is 11.1 Å². The molecule has 0 aliphatic carbocycles. The lowest BCUT2D eigenvalue weighted by Crippen LogP contribution is -2.36. The standard InChI is InChI=1S/C24H26Cl2N2O2S2/c25-15-17-7-5-13-27(17)23(29)19-9-1-3-11-21(19)31-32-22-12-4-2-10-20(22)24(30)28-14-6-8-18(28)16-26/h1-4,9-12,17-18H,5-8,13-16H2/t17-,18-/m0/s1. The molecule has 2 aromatic rings. The van der Waals surface area contributed by atoms with E-state index in [9.17, 15) is 9.59 Å². The van der Waals surface area contributed by atoms with Gasteiger partial charge in [-0.05, 0) is 49.9 Å². The number of likely N-dealkylation sites (tertiary alicyclic amines) is 2. The van der Waals surface area contributed by atoms with E-state index in [0.717, 1.165) is 48.6 Å². The third kappa shape index (κ3) is 5.09. The van der Waals surface area contributed by atoms with Crippen LogP contribution in [0.3, 0.4) is 0 Å². The Morgan fingerprint density at radius 1 is 0.750 bits per heavy atom. The summed E-state index contributed by atoms with van der Waals surface area (Å²) in [6.07, 6.45) is 3.88. The van der Waals surface area contributed by atoms with Gasteiger partial charge in [0, 0.05) is 46.7 Å². The van der Waals surface area contributed by atoms with Crippen molar-refractivity contribution in [1.82, 2.24) is 9.80 Å². The van der Waals surface area contributed by atoms with Crippen LogP contribution in [0.5, 0.6) is 0 Å². The van der Waals surface area contributed by atoms with E-state index in [2.05, 4.69) is 0 Å². The second kappa shape index (κ2) is 11.2. The summed E-state index contributed by atoms with van der Waals surface area (Å²) in [5.74, 6) is 0.988. The van der Waals surface area contributed by atoms with Crippen LogP contribution >= 0.6 is 44.8 Å². The molecular weight excluding hydrogens is 483 g/mol. The van der Waals surface area contributed by atoms with Gasteiger partial charge in [0.2, 0.25) is 0 Å². The zero-order chi connectivity index (χ0) is 22.5. The smallest absolute Gasteiger partial charge is 0.255 e. The highest BCUT2D eigenvalue weighted by Crippen LogP contribution is 2.41. The van der Waals surface area contributed by atoms with Crippen molar-refractivity contribution in [2.24, 2.45) is 0 Å². The minimum Gasteiger partial charge on any atom is -0.334 e. The van der Waals surface area contributed by atoms with Gasteiger partial charge in [0.15, 0.2) is 0 Å². The molecule has 0 bridgehead atoms. The van der Waals surface area contributed by atoms with Gasteiger partial charge in [-0.2, -0.15) is 0 Å². The molecule has 0 saturated carbocycles. The molecule has 2 atom stereocenters. The SMILES string of the molecule is O=C(c1ccccc1SSc1ccccc1C(=O)N1CCC[C@H]1CCl)N1CCC[C@H]1CCl. The Bertz CT molecular complexity index is 897. The molecule has 8 heteroatoms. The molecule has 4 rings (SSSR count). The van der Waals surface area contributed by atoms with Crippen LogP contribution in [0.1, 0.15) is 46.4 Å². The van der Waals surface area contributed by atoms with Gasteiger partial charge in [-0.3, -0.25) is 9.59 Å². The number of carbonyl (C=O) groups excluding carboxylic acids is 2. The van der Waals surface area contributed by atoms with Crippen molar-refractivity contribution in [2.75, 3.05) is 24.8 Å². The molecule has 0 radical (unpaired) electrons. The maximum Gasteiger partial charge on any atom is 0.255 e. The molecule has 2 aliphatic rings. The summed E-state index contributed by atoms with van der Waals surface area (Å²) in [4.78, 5) is 32.1. The first-order chi connectivity index (χ1) is 15.6. The fourth-order valence-corrected chi connectivity index (χ4v) is 7.35. The van der Waals surface area contributed by atoms with Gasteiger partial charge in [-0.1, -0.05) is 45.9 Å². The Labute approximate surface area is 207 Å². The van der Waals surface area contributed by atoms with Crippen molar-refractivity contribution in [3.63, 3.8) is 0 Å². The number of carbonyl (C=O) groups is 2. The molecule has 0 unspecified atom stereocenters. The molecule has 0 N–H and O–H groups in total. The van der Waals surface area contributed by atoms with Crippen LogP contribution < -0.4 is 0 Å². The first-order valence-corrected chi connectivity index (χ1v) is 14.1. The molecule has 0 spiro atoms. The molecular formula is C24H26Cl2N2O2S2. The number of benzene rings is 2. The molecule has 0 aromatic heterocycles. The van der Waals surface area contributed by atoms with E-state index in [-0.39, 0.29) is 23.9 Å². The van der Waals surface area contributed by atoms with Gasteiger partial charge in [0.1, 0.15) is 0 Å². The summed E-state index contributed by atoms with van der Waals surface area (Å²) < 4.78 is 0. The van der Waals surface area contributed by atoms with E-state index in [1.165, 1.54) is 21.6 Å². The predicted molar refractivity (Wildman–Crippen MR) is 134 cm³/mol. The minimum atomic E-state index is 0.0308. The van der Waals surface area contributed by atoms with Crippen molar-refractivity contribution in [2.45, 2.75) is 47.6 Å². The lowest BCUT2D eigenvalue weighted by Gasteiger charge is -2.24. The van der Waals surface area contributed by atoms with E-state index < -0.39 is 0 Å². The Morgan fingerprint density at radius 3 is 1.56 bits per heavy atom. The fraction of sp³-hybridized carbons (Fsp3) is 0.417. The summed E-state index contributed by atoms with van der Waals surface area (Å²) in [6.45, 7) is 1.49. The zero-order valence-corrected chi connectivity index (χ0v) is 20.9. The molecule has 2 heterocycles. The number of alkyl halides is 2. The van der Waals surface area contributed by atoms with Crippen LogP contribution in [0.15, 0.2) is 58.3 Å². The molecule has 2 aliphatic heterocycles. The van der Waals surface area contributed by atoms with Crippen LogP contribution in [0.4, 0.5) is 0 Å². The average molecular weight is 510 g/mol. The quantitative estimate of drug-likeness (QED) is 0.331. The first kappa shape index (κ1) is 23.8. The Balaban J connectivity index is 1.52. The largest absolute Gasteiger partial charge is 0.334 e. The van der Waals surface area contributed by atoms with Crippen molar-refractivity contribution in [3.8, 4) is 0 Å². The highest BCUT2D eigenvalue weighted by molar-refractivity contribution is 8.76. The highest BCUT2D eigenvalue weighted by atomic mass is 35.5. The van der Waals surface area contributed by atoms with E-state index in [0.29, 0.717) is 22.9 Å². The fourth-order valence-electron chi connectivity index (χ4n) is 4.36. The van der Waals surface area contributed by atoms with E-state index in [1.54, 1.807) is 0 Å². The Hall–Kier alpha value is -1.34. The normalized spacial score (nSPS) is 20.7. The predicted octanol–water partition coefficient (Wildman–Crippen LogP) is 6.17. The Morgan fingerprint density at radius 2 is 1.16 bits per heavy atom. The first-order valence-electron chi connectivity index (χ1n) is 10.9. The van der Waals surface area contributed by atoms with Crippen molar-refractivity contribution < 1.29 is 9.59 Å². The van der Waals surface area contributed by atoms with Crippen molar-refractivity contribution in [1.29, 1.82) is 0 Å². The molecule has 2 fully saturated rings. The second-order valence-electron chi connectivity index (χ2n) is 8.06. The van der Waals surface area contributed by atoms with Crippen LogP contribution in [-0.2, 0) is 0 Å². The summed E-state index contributed by atoms with van der Waals surface area (Å²) in [5.41, 5.74) is 1.38. The lowest BCUT2D eigenvalue weighted by molar-refractivity contribution is 0.0737. The average Bonchev–Trinajstić information content (AvgIpc) is 3.51. The number of nitrogens with zero attached hydrogens (tertiary/aromatic N) is 2. The molecule has 2 aromatic carbocycles. The van der Waals surface area contributed by atoms with E-state index in [4.69, 9.17) is 23.2 Å². The van der Waals surface area contributed by atoms with Gasteiger partial charge >= 0.3 is 0 Å². The summed E-state index contributed by atoms with van der Waals surface area (Å²) in [5, 5.41) is 0. The van der Waals surface area contributed by atoms with E-state index >= 15 is 0 Å². The second-order valence-corrected chi connectivity index (χ2v) is 10.9. The van der Waals surface area contributed by atoms with E-state index in [1.807, 2.05) is 58.3 Å². The van der Waals surface area contributed by atoms with Crippen LogP contribution in [0.2, 0.25) is 0 Å². The monoisotopic (exact) mass is 508 g/mol. The maximum atomic E-state index is 13.2. The number of amides is 2. The maximum absolute atomic E-state index is 13.2. The van der Waals surface area contributed by atoms with Crippen LogP contribution in [0.25, 0.3) is 0 Å². The third-order valence-corrected chi connectivity index (χ3v) is 9.28. The summed E-state index contributed by atoms with van der Waals surface area (Å²) in [7, 11) is 3.03. The topological polar surface area (TPSA) is 40.6 Å². The van der Waals surface area contributed by atoms with Gasteiger partial charge in [0.25, 0.3) is 11.8 Å². The highest BCUT2D eigenvalue weighted by Gasteiger charge is 2.31.